The second-order valence-electron chi connectivity index (χ2n) is 5.91. The maximum Gasteiger partial charge on any atom is 0.265 e. The van der Waals surface area contributed by atoms with Crippen molar-refractivity contribution in [2.45, 2.75) is 0 Å². The molecule has 0 saturated heterocycles. The van der Waals surface area contributed by atoms with Gasteiger partial charge in [0.05, 0.1) is 5.39 Å². The quantitative estimate of drug-likeness (QED) is 0.467. The lowest BCUT2D eigenvalue weighted by molar-refractivity contribution is 1.12. The maximum absolute atomic E-state index is 13.0. The van der Waals surface area contributed by atoms with Gasteiger partial charge in [0.25, 0.3) is 11.1 Å². The predicted octanol–water partition coefficient (Wildman–Crippen LogP) is 4.02. The van der Waals surface area contributed by atoms with Crippen LogP contribution in [0.4, 0.5) is 0 Å². The van der Waals surface area contributed by atoms with E-state index in [1.54, 1.807) is 4.40 Å². The molecule has 120 valence electrons. The number of hydrogen-bond donors (Lipinski definition) is 1. The number of nitrogens with zero attached hydrogens (tertiary/aromatic N) is 1. The van der Waals surface area contributed by atoms with Gasteiger partial charge in [-0.2, -0.15) is 0 Å². The Morgan fingerprint density at radius 2 is 1.68 bits per heavy atom. The third kappa shape index (κ3) is 1.99. The Hall–Kier alpha value is -3.18. The highest BCUT2D eigenvalue weighted by molar-refractivity contribution is 7.17. The Balaban J connectivity index is 2.00. The summed E-state index contributed by atoms with van der Waals surface area (Å²) in [5, 5.41) is 3.96. The molecule has 0 bridgehead atoms. The molecule has 3 heterocycles. The van der Waals surface area contributed by atoms with Crippen LogP contribution in [-0.2, 0) is 0 Å². The molecular weight excluding hydrogens is 332 g/mol. The Morgan fingerprint density at radius 1 is 0.920 bits per heavy atom. The van der Waals surface area contributed by atoms with Crippen molar-refractivity contribution in [2.75, 3.05) is 0 Å². The molecule has 2 aromatic carbocycles. The van der Waals surface area contributed by atoms with Crippen molar-refractivity contribution in [3.05, 3.63) is 86.8 Å². The summed E-state index contributed by atoms with van der Waals surface area (Å²) in [6, 6.07) is 19.0. The fraction of sp³-hybridized carbons (Fsp3) is 0. The first-order valence-electron chi connectivity index (χ1n) is 7.87. The minimum atomic E-state index is -0.176. The highest BCUT2D eigenvalue weighted by atomic mass is 32.1. The number of pyridine rings is 1. The number of H-pyrrole nitrogens is 1. The SMILES string of the molecule is O=c1[nH]c2cc3ccccc3c(=O)n2c2scc(-c3ccccc3)c12. The van der Waals surface area contributed by atoms with Gasteiger partial charge >= 0.3 is 0 Å². The van der Waals surface area contributed by atoms with Gasteiger partial charge in [0, 0.05) is 16.3 Å². The highest BCUT2D eigenvalue weighted by Gasteiger charge is 2.15. The third-order valence-corrected chi connectivity index (χ3v) is 5.42. The first-order chi connectivity index (χ1) is 12.2. The van der Waals surface area contributed by atoms with Crippen molar-refractivity contribution in [3.8, 4) is 11.1 Å². The van der Waals surface area contributed by atoms with Gasteiger partial charge in [-0.15, -0.1) is 11.3 Å². The zero-order chi connectivity index (χ0) is 17.0. The Morgan fingerprint density at radius 3 is 2.52 bits per heavy atom. The molecule has 3 aromatic heterocycles. The Labute approximate surface area is 145 Å². The number of aromatic nitrogens is 2. The van der Waals surface area contributed by atoms with E-state index in [9.17, 15) is 9.59 Å². The van der Waals surface area contributed by atoms with Gasteiger partial charge in [-0.05, 0) is 23.1 Å². The minimum Gasteiger partial charge on any atom is -0.307 e. The van der Waals surface area contributed by atoms with Crippen LogP contribution in [-0.4, -0.2) is 9.38 Å². The number of aromatic amines is 1. The van der Waals surface area contributed by atoms with Crippen LogP contribution >= 0.6 is 11.3 Å². The lowest BCUT2D eigenvalue weighted by Crippen LogP contribution is -2.19. The number of fused-ring (bicyclic) bond motifs is 4. The van der Waals surface area contributed by atoms with Crippen molar-refractivity contribution in [3.63, 3.8) is 0 Å². The van der Waals surface area contributed by atoms with Crippen LogP contribution in [0.5, 0.6) is 0 Å². The number of thiophene rings is 1. The molecule has 1 N–H and O–H groups in total. The van der Waals surface area contributed by atoms with E-state index in [4.69, 9.17) is 0 Å². The predicted molar refractivity (Wildman–Crippen MR) is 103 cm³/mol. The van der Waals surface area contributed by atoms with Crippen LogP contribution in [0.2, 0.25) is 0 Å². The summed E-state index contributed by atoms with van der Waals surface area (Å²) in [6.07, 6.45) is 0. The number of rotatable bonds is 1. The normalized spacial score (nSPS) is 11.5. The average molecular weight is 344 g/mol. The summed E-state index contributed by atoms with van der Waals surface area (Å²) in [7, 11) is 0. The molecule has 0 unspecified atom stereocenters. The van der Waals surface area contributed by atoms with Crippen molar-refractivity contribution < 1.29 is 0 Å². The fourth-order valence-electron chi connectivity index (χ4n) is 3.29. The summed E-state index contributed by atoms with van der Waals surface area (Å²) < 4.78 is 1.61. The molecule has 0 saturated carbocycles. The van der Waals surface area contributed by atoms with E-state index in [1.807, 2.05) is 66.0 Å². The smallest absolute Gasteiger partial charge is 0.265 e. The van der Waals surface area contributed by atoms with Gasteiger partial charge in [0.2, 0.25) is 0 Å². The van der Waals surface area contributed by atoms with Gasteiger partial charge in [-0.25, -0.2) is 0 Å². The zero-order valence-electron chi connectivity index (χ0n) is 13.0. The summed E-state index contributed by atoms with van der Waals surface area (Å²) in [6.45, 7) is 0. The monoisotopic (exact) mass is 344 g/mol. The Bertz CT molecular complexity index is 1380. The molecule has 0 aliphatic rings. The van der Waals surface area contributed by atoms with Gasteiger partial charge in [-0.1, -0.05) is 48.5 Å². The largest absolute Gasteiger partial charge is 0.307 e. The van der Waals surface area contributed by atoms with E-state index in [0.29, 0.717) is 21.3 Å². The molecular formula is C20H12N2O2S. The van der Waals surface area contributed by atoms with Crippen LogP contribution in [0.15, 0.2) is 75.6 Å². The first-order valence-corrected chi connectivity index (χ1v) is 8.75. The molecule has 25 heavy (non-hydrogen) atoms. The van der Waals surface area contributed by atoms with Gasteiger partial charge in [0.1, 0.15) is 10.5 Å². The topological polar surface area (TPSA) is 54.3 Å². The molecule has 0 fully saturated rings. The lowest BCUT2D eigenvalue weighted by Gasteiger charge is -2.06. The van der Waals surface area contributed by atoms with Crippen LogP contribution in [0.1, 0.15) is 0 Å². The van der Waals surface area contributed by atoms with Crippen LogP contribution in [0.3, 0.4) is 0 Å². The van der Waals surface area contributed by atoms with Crippen LogP contribution < -0.4 is 11.1 Å². The summed E-state index contributed by atoms with van der Waals surface area (Å²) in [5.74, 6) is 0. The second kappa shape index (κ2) is 5.16. The van der Waals surface area contributed by atoms with E-state index in [-0.39, 0.29) is 11.1 Å². The molecule has 4 nitrogen and oxygen atoms in total. The fourth-order valence-corrected chi connectivity index (χ4v) is 4.38. The van der Waals surface area contributed by atoms with Crippen molar-refractivity contribution >= 4 is 38.0 Å². The van der Waals surface area contributed by atoms with Crippen molar-refractivity contribution in [1.82, 2.24) is 9.38 Å². The van der Waals surface area contributed by atoms with Gasteiger partial charge < -0.3 is 4.98 Å². The zero-order valence-corrected chi connectivity index (χ0v) is 13.8. The standard InChI is InChI=1S/C20H12N2O2S/c23-18-17-15(12-6-2-1-3-7-12)11-25-20(17)22-16(21-18)10-13-8-4-5-9-14(13)19(22)24/h1-11H,(H,21,23). The van der Waals surface area contributed by atoms with Crippen LogP contribution in [0, 0.1) is 0 Å². The van der Waals surface area contributed by atoms with Crippen molar-refractivity contribution in [2.24, 2.45) is 0 Å². The Kier molecular flexibility index (Phi) is 2.93. The molecule has 0 aliphatic carbocycles. The summed E-state index contributed by atoms with van der Waals surface area (Å²) >= 11 is 1.42. The molecule has 5 rings (SSSR count). The van der Waals surface area contributed by atoms with E-state index in [2.05, 4.69) is 4.98 Å². The number of hydrogen-bond acceptors (Lipinski definition) is 3. The van der Waals surface area contributed by atoms with E-state index < -0.39 is 0 Å². The molecule has 0 radical (unpaired) electrons. The van der Waals surface area contributed by atoms with Crippen LogP contribution in [0.25, 0.3) is 37.8 Å². The number of benzene rings is 2. The molecule has 5 heteroatoms. The molecule has 0 amide bonds. The molecule has 0 spiro atoms. The third-order valence-electron chi connectivity index (χ3n) is 4.46. The van der Waals surface area contributed by atoms with Gasteiger partial charge in [-0.3, -0.25) is 14.0 Å². The number of nitrogens with one attached hydrogen (secondary N) is 1. The maximum atomic E-state index is 13.0. The molecule has 5 aromatic rings. The van der Waals surface area contributed by atoms with Gasteiger partial charge in [0.15, 0.2) is 0 Å². The molecule has 0 aliphatic heterocycles. The van der Waals surface area contributed by atoms with E-state index in [0.717, 1.165) is 16.5 Å². The minimum absolute atomic E-state index is 0.115. The average Bonchev–Trinajstić information content (AvgIpc) is 3.08. The summed E-state index contributed by atoms with van der Waals surface area (Å²) in [5.41, 5.74) is 2.04. The first kappa shape index (κ1) is 14.2. The van der Waals surface area contributed by atoms with E-state index >= 15 is 0 Å². The highest BCUT2D eigenvalue weighted by Crippen LogP contribution is 2.31. The van der Waals surface area contributed by atoms with E-state index in [1.165, 1.54) is 11.3 Å². The van der Waals surface area contributed by atoms with Crippen molar-refractivity contribution in [1.29, 1.82) is 0 Å². The summed E-state index contributed by atoms with van der Waals surface area (Å²) in [4.78, 5) is 29.3. The lowest BCUT2D eigenvalue weighted by atomic mass is 10.1. The second-order valence-corrected chi connectivity index (χ2v) is 6.77. The molecule has 0 atom stereocenters.